The molecule has 162 valence electrons. The van der Waals surface area contributed by atoms with Crippen molar-refractivity contribution in [2.45, 2.75) is 40.0 Å². The molecule has 2 N–H and O–H groups in total. The monoisotopic (exact) mass is 532 g/mol. The van der Waals surface area contributed by atoms with E-state index in [1.54, 1.807) is 25.6 Å². The molecule has 0 aliphatic heterocycles. The van der Waals surface area contributed by atoms with Crippen LogP contribution in [0, 0.1) is 6.92 Å². The Morgan fingerprint density at radius 1 is 1.10 bits per heavy atom. The molecule has 0 bridgehead atoms. The van der Waals surface area contributed by atoms with Crippen LogP contribution in [-0.4, -0.2) is 44.8 Å². The molecule has 0 aliphatic carbocycles. The molecule has 0 fully saturated rings. The van der Waals surface area contributed by atoms with Crippen molar-refractivity contribution in [2.24, 2.45) is 4.99 Å². The number of aryl methyl sites for hydroxylation is 2. The minimum atomic E-state index is 0. The van der Waals surface area contributed by atoms with Crippen LogP contribution in [0.2, 0.25) is 0 Å². The number of aliphatic imine (C=N–C) groups is 1. The summed E-state index contributed by atoms with van der Waals surface area (Å²) in [6.45, 7) is 8.71. The van der Waals surface area contributed by atoms with E-state index >= 15 is 0 Å². The van der Waals surface area contributed by atoms with Crippen LogP contribution < -0.4 is 20.1 Å². The van der Waals surface area contributed by atoms with Crippen LogP contribution in [0.1, 0.15) is 35.0 Å². The molecular weight excluding hydrogens is 499 g/mol. The van der Waals surface area contributed by atoms with Crippen molar-refractivity contribution in [2.75, 3.05) is 33.9 Å². The van der Waals surface area contributed by atoms with Crippen molar-refractivity contribution in [1.82, 2.24) is 15.6 Å². The van der Waals surface area contributed by atoms with Crippen molar-refractivity contribution in [1.29, 1.82) is 0 Å². The molecule has 0 aliphatic rings. The highest BCUT2D eigenvalue weighted by Crippen LogP contribution is 2.27. The summed E-state index contributed by atoms with van der Waals surface area (Å²) in [4.78, 5) is 10.7. The predicted molar refractivity (Wildman–Crippen MR) is 133 cm³/mol. The van der Waals surface area contributed by atoms with Crippen LogP contribution in [0.4, 0.5) is 0 Å². The molecule has 2 rings (SSSR count). The van der Waals surface area contributed by atoms with Gasteiger partial charge in [0.2, 0.25) is 0 Å². The molecule has 29 heavy (non-hydrogen) atoms. The van der Waals surface area contributed by atoms with Gasteiger partial charge in [0.15, 0.2) is 17.5 Å². The molecule has 2 aromatic rings. The van der Waals surface area contributed by atoms with Gasteiger partial charge in [0, 0.05) is 30.9 Å². The molecule has 0 atom stereocenters. The Kier molecular flexibility index (Phi) is 12.0. The number of ether oxygens (including phenoxy) is 2. The molecule has 0 radical (unpaired) electrons. The second-order valence-corrected chi connectivity index (χ2v) is 7.63. The maximum absolute atomic E-state index is 5.37. The smallest absolute Gasteiger partial charge is 0.191 e. The van der Waals surface area contributed by atoms with E-state index < -0.39 is 0 Å². The maximum Gasteiger partial charge on any atom is 0.191 e. The third-order valence-electron chi connectivity index (χ3n) is 4.37. The highest BCUT2D eigenvalue weighted by Gasteiger charge is 2.07. The van der Waals surface area contributed by atoms with Gasteiger partial charge in [-0.1, -0.05) is 13.0 Å². The van der Waals surface area contributed by atoms with Gasteiger partial charge in [-0.15, -0.1) is 35.3 Å². The standard InChI is InChI=1S/C21H32N4O2S.HI/c1-6-17-15(3)28-20(25-17)11-13-24-21(22-7-2)23-12-10-16-8-9-18(26-4)19(14-16)27-5;/h8-9,14H,6-7,10-13H2,1-5H3,(H2,22,23,24);1H. The van der Waals surface area contributed by atoms with Crippen molar-refractivity contribution >= 4 is 41.3 Å². The normalized spacial score (nSPS) is 11.0. The maximum atomic E-state index is 5.37. The quantitative estimate of drug-likeness (QED) is 0.275. The van der Waals surface area contributed by atoms with E-state index in [-0.39, 0.29) is 24.0 Å². The lowest BCUT2D eigenvalue weighted by Crippen LogP contribution is -2.38. The van der Waals surface area contributed by atoms with Gasteiger partial charge >= 0.3 is 0 Å². The van der Waals surface area contributed by atoms with Crippen LogP contribution in [0.15, 0.2) is 23.2 Å². The molecule has 1 aromatic carbocycles. The van der Waals surface area contributed by atoms with Gasteiger partial charge in [0.25, 0.3) is 0 Å². The van der Waals surface area contributed by atoms with Gasteiger partial charge < -0.3 is 20.1 Å². The number of aromatic nitrogens is 1. The zero-order chi connectivity index (χ0) is 20.4. The van der Waals surface area contributed by atoms with Crippen molar-refractivity contribution in [3.63, 3.8) is 0 Å². The summed E-state index contributed by atoms with van der Waals surface area (Å²) in [5.74, 6) is 2.34. The van der Waals surface area contributed by atoms with Crippen LogP contribution >= 0.6 is 35.3 Å². The highest BCUT2D eigenvalue weighted by atomic mass is 127. The summed E-state index contributed by atoms with van der Waals surface area (Å²) in [5.41, 5.74) is 2.40. The van der Waals surface area contributed by atoms with Gasteiger partial charge in [-0.3, -0.25) is 4.99 Å². The summed E-state index contributed by atoms with van der Waals surface area (Å²) in [6, 6.07) is 6.01. The van der Waals surface area contributed by atoms with E-state index in [9.17, 15) is 0 Å². The van der Waals surface area contributed by atoms with E-state index in [0.29, 0.717) is 0 Å². The Morgan fingerprint density at radius 2 is 1.86 bits per heavy atom. The number of nitrogens with zero attached hydrogens (tertiary/aromatic N) is 2. The average Bonchev–Trinajstić information content (AvgIpc) is 3.07. The number of guanidine groups is 1. The molecule has 0 saturated heterocycles. The molecule has 0 amide bonds. The summed E-state index contributed by atoms with van der Waals surface area (Å²) in [6.07, 6.45) is 2.74. The first-order valence-corrected chi connectivity index (χ1v) is 10.6. The van der Waals surface area contributed by atoms with E-state index in [1.165, 1.54) is 21.1 Å². The van der Waals surface area contributed by atoms with E-state index in [4.69, 9.17) is 9.47 Å². The molecule has 1 heterocycles. The first kappa shape index (κ1) is 25.5. The lowest BCUT2D eigenvalue weighted by molar-refractivity contribution is 0.354. The zero-order valence-electron chi connectivity index (χ0n) is 18.0. The summed E-state index contributed by atoms with van der Waals surface area (Å²) in [7, 11) is 3.30. The minimum absolute atomic E-state index is 0. The topological polar surface area (TPSA) is 67.8 Å². The summed E-state index contributed by atoms with van der Waals surface area (Å²) >= 11 is 1.78. The highest BCUT2D eigenvalue weighted by molar-refractivity contribution is 14.0. The molecule has 8 heteroatoms. The fraction of sp³-hybridized carbons (Fsp3) is 0.524. The minimum Gasteiger partial charge on any atom is -0.493 e. The third-order valence-corrected chi connectivity index (χ3v) is 5.44. The Morgan fingerprint density at radius 3 is 2.48 bits per heavy atom. The van der Waals surface area contributed by atoms with E-state index in [2.05, 4.69) is 47.4 Å². The number of hydrogen-bond acceptors (Lipinski definition) is 5. The molecule has 0 spiro atoms. The van der Waals surface area contributed by atoms with Crippen LogP contribution in [0.25, 0.3) is 0 Å². The number of thiazole rings is 1. The SMILES string of the molecule is CCNC(=NCCc1nc(CC)c(C)s1)NCCc1ccc(OC)c(OC)c1.I. The van der Waals surface area contributed by atoms with Gasteiger partial charge in [-0.25, -0.2) is 4.98 Å². The summed E-state index contributed by atoms with van der Waals surface area (Å²) in [5, 5.41) is 7.87. The fourth-order valence-corrected chi connectivity index (χ4v) is 3.90. The zero-order valence-corrected chi connectivity index (χ0v) is 21.1. The number of rotatable bonds is 10. The second kappa shape index (κ2) is 13.6. The van der Waals surface area contributed by atoms with Crippen molar-refractivity contribution in [3.05, 3.63) is 39.3 Å². The van der Waals surface area contributed by atoms with Crippen molar-refractivity contribution in [3.8, 4) is 11.5 Å². The van der Waals surface area contributed by atoms with Gasteiger partial charge in [0.1, 0.15) is 0 Å². The number of benzene rings is 1. The fourth-order valence-electron chi connectivity index (χ4n) is 2.89. The molecule has 0 saturated carbocycles. The van der Waals surface area contributed by atoms with Gasteiger partial charge in [0.05, 0.1) is 24.9 Å². The first-order chi connectivity index (χ1) is 13.6. The van der Waals surface area contributed by atoms with E-state index in [0.717, 1.165) is 56.4 Å². The lowest BCUT2D eigenvalue weighted by Gasteiger charge is -2.12. The number of nitrogens with one attached hydrogen (secondary N) is 2. The Hall–Kier alpha value is -1.55. The summed E-state index contributed by atoms with van der Waals surface area (Å²) < 4.78 is 10.7. The molecule has 1 aromatic heterocycles. The molecule has 6 nitrogen and oxygen atoms in total. The third kappa shape index (κ3) is 8.00. The van der Waals surface area contributed by atoms with Gasteiger partial charge in [-0.2, -0.15) is 0 Å². The molecule has 0 unspecified atom stereocenters. The Balaban J connectivity index is 0.00000420. The lowest BCUT2D eigenvalue weighted by atomic mass is 10.1. The van der Waals surface area contributed by atoms with Crippen LogP contribution in [0.3, 0.4) is 0 Å². The Bertz CT molecular complexity index is 780. The van der Waals surface area contributed by atoms with Crippen molar-refractivity contribution < 1.29 is 9.47 Å². The Labute approximate surface area is 195 Å². The molecular formula is C21H33IN4O2S. The second-order valence-electron chi connectivity index (χ2n) is 6.34. The number of hydrogen-bond donors (Lipinski definition) is 2. The van der Waals surface area contributed by atoms with Crippen LogP contribution in [0.5, 0.6) is 11.5 Å². The average molecular weight is 532 g/mol. The number of methoxy groups -OCH3 is 2. The largest absolute Gasteiger partial charge is 0.493 e. The first-order valence-electron chi connectivity index (χ1n) is 9.79. The van der Waals surface area contributed by atoms with Crippen LogP contribution in [-0.2, 0) is 19.3 Å². The predicted octanol–water partition coefficient (Wildman–Crippen LogP) is 3.99. The van der Waals surface area contributed by atoms with E-state index in [1.807, 2.05) is 12.1 Å². The van der Waals surface area contributed by atoms with Gasteiger partial charge in [-0.05, 0) is 44.4 Å². The number of halogens is 1.